The number of carbonyl (C=O) groups excluding carboxylic acids is 2. The Morgan fingerprint density at radius 2 is 2.08 bits per heavy atom. The molecule has 0 bridgehead atoms. The van der Waals surface area contributed by atoms with Crippen LogP contribution in [0.5, 0.6) is 5.75 Å². The number of aliphatic carboxylic acids is 1. The maximum absolute atomic E-state index is 13.2. The van der Waals surface area contributed by atoms with Gasteiger partial charge in [-0.15, -0.1) is 0 Å². The number of halogens is 1. The zero-order valence-electron chi connectivity index (χ0n) is 14.9. The monoisotopic (exact) mass is 368 g/mol. The zero-order chi connectivity index (χ0) is 19.6. The number of anilines is 1. The Hall–Kier alpha value is -2.84. The molecule has 2 N–H and O–H groups in total. The molecule has 2 rings (SSSR count). The fourth-order valence-corrected chi connectivity index (χ4v) is 2.37. The van der Waals surface area contributed by atoms with E-state index in [1.807, 2.05) is 0 Å². The summed E-state index contributed by atoms with van der Waals surface area (Å²) in [6.45, 7) is 4.97. The van der Waals surface area contributed by atoms with Crippen molar-refractivity contribution in [1.82, 2.24) is 4.90 Å². The lowest BCUT2D eigenvalue weighted by molar-refractivity contribution is -0.144. The van der Waals surface area contributed by atoms with Gasteiger partial charge in [0.1, 0.15) is 23.2 Å². The standard InChI is InChI=1S/C17H21FN2O6/c1-17(2,3)26-16(24)20(4)11(15(22)23)8-13-14(21)19-10-7-9(18)5-6-12(10)25-13/h5-7,11,13H,8H2,1-4H3,(H,19,21)(H,22,23)/t11-,13-/m0/s1. The molecule has 2 amide bonds. The van der Waals surface area contributed by atoms with Crippen LogP contribution in [0.1, 0.15) is 27.2 Å². The lowest BCUT2D eigenvalue weighted by Gasteiger charge is -2.32. The van der Waals surface area contributed by atoms with Gasteiger partial charge >= 0.3 is 12.1 Å². The third-order valence-electron chi connectivity index (χ3n) is 3.63. The summed E-state index contributed by atoms with van der Waals surface area (Å²) < 4.78 is 23.9. The fourth-order valence-electron chi connectivity index (χ4n) is 2.37. The van der Waals surface area contributed by atoms with Crippen LogP contribution in [0, 0.1) is 5.82 Å². The van der Waals surface area contributed by atoms with Crippen molar-refractivity contribution in [3.8, 4) is 5.75 Å². The second-order valence-corrected chi connectivity index (χ2v) is 6.92. The summed E-state index contributed by atoms with van der Waals surface area (Å²) in [4.78, 5) is 36.8. The first-order chi connectivity index (χ1) is 12.0. The number of carbonyl (C=O) groups is 3. The molecular weight excluding hydrogens is 347 g/mol. The number of likely N-dealkylation sites (N-methyl/N-ethyl adjacent to an activating group) is 1. The number of amides is 2. The Morgan fingerprint density at radius 1 is 1.42 bits per heavy atom. The van der Waals surface area contributed by atoms with Gasteiger partial charge in [0, 0.05) is 19.5 Å². The summed E-state index contributed by atoms with van der Waals surface area (Å²) in [6.07, 6.45) is -2.28. The van der Waals surface area contributed by atoms with Gasteiger partial charge in [-0.2, -0.15) is 0 Å². The molecule has 142 valence electrons. The van der Waals surface area contributed by atoms with Crippen LogP contribution in [0.15, 0.2) is 18.2 Å². The molecule has 0 unspecified atom stereocenters. The van der Waals surface area contributed by atoms with Crippen LogP contribution < -0.4 is 10.1 Å². The fraction of sp³-hybridized carbons (Fsp3) is 0.471. The Kier molecular flexibility index (Phi) is 5.38. The number of ether oxygens (including phenoxy) is 2. The molecule has 1 aromatic rings. The topological polar surface area (TPSA) is 105 Å². The van der Waals surface area contributed by atoms with Crippen molar-refractivity contribution < 1.29 is 33.4 Å². The quantitative estimate of drug-likeness (QED) is 0.844. The van der Waals surface area contributed by atoms with Crippen LogP contribution in [-0.2, 0) is 14.3 Å². The van der Waals surface area contributed by atoms with Gasteiger partial charge in [0.15, 0.2) is 6.10 Å². The van der Waals surface area contributed by atoms with Crippen molar-refractivity contribution >= 4 is 23.7 Å². The SMILES string of the molecule is CN(C(=O)OC(C)(C)C)[C@@H](C[C@@H]1Oc2ccc(F)cc2NC1=O)C(=O)O. The van der Waals surface area contributed by atoms with Gasteiger partial charge in [0.2, 0.25) is 0 Å². The van der Waals surface area contributed by atoms with E-state index in [-0.39, 0.29) is 17.9 Å². The van der Waals surface area contributed by atoms with Crippen LogP contribution in [-0.4, -0.2) is 52.8 Å². The minimum atomic E-state index is -1.34. The second-order valence-electron chi connectivity index (χ2n) is 6.92. The van der Waals surface area contributed by atoms with E-state index in [1.165, 1.54) is 13.1 Å². The Morgan fingerprint density at radius 3 is 2.65 bits per heavy atom. The van der Waals surface area contributed by atoms with E-state index in [0.717, 1.165) is 17.0 Å². The zero-order valence-corrected chi connectivity index (χ0v) is 14.9. The van der Waals surface area contributed by atoms with Gasteiger partial charge < -0.3 is 19.9 Å². The third-order valence-corrected chi connectivity index (χ3v) is 3.63. The summed E-state index contributed by atoms with van der Waals surface area (Å²) in [6, 6.07) is 2.26. The first-order valence-electron chi connectivity index (χ1n) is 7.93. The summed E-state index contributed by atoms with van der Waals surface area (Å²) in [7, 11) is 1.27. The molecule has 0 radical (unpaired) electrons. The minimum Gasteiger partial charge on any atom is -0.480 e. The molecule has 0 aliphatic carbocycles. The van der Waals surface area contributed by atoms with E-state index in [4.69, 9.17) is 9.47 Å². The average Bonchev–Trinajstić information content (AvgIpc) is 2.50. The predicted molar refractivity (Wildman–Crippen MR) is 89.5 cm³/mol. The summed E-state index contributed by atoms with van der Waals surface area (Å²) in [5, 5.41) is 11.9. The molecule has 0 saturated carbocycles. The van der Waals surface area contributed by atoms with Crippen LogP contribution >= 0.6 is 0 Å². The molecular formula is C17H21FN2O6. The van der Waals surface area contributed by atoms with Gasteiger partial charge in [-0.1, -0.05) is 0 Å². The lowest BCUT2D eigenvalue weighted by atomic mass is 10.1. The van der Waals surface area contributed by atoms with E-state index in [2.05, 4.69) is 5.32 Å². The summed E-state index contributed by atoms with van der Waals surface area (Å²) in [5.74, 6) is -2.24. The van der Waals surface area contributed by atoms with Crippen molar-refractivity contribution in [2.75, 3.05) is 12.4 Å². The van der Waals surface area contributed by atoms with E-state index >= 15 is 0 Å². The molecule has 2 atom stereocenters. The summed E-state index contributed by atoms with van der Waals surface area (Å²) in [5.41, 5.74) is -0.630. The van der Waals surface area contributed by atoms with Gasteiger partial charge in [0.05, 0.1) is 5.69 Å². The minimum absolute atomic E-state index is 0.165. The highest BCUT2D eigenvalue weighted by Crippen LogP contribution is 2.31. The Bertz CT molecular complexity index is 730. The molecule has 1 aliphatic heterocycles. The first kappa shape index (κ1) is 19.5. The second kappa shape index (κ2) is 7.19. The predicted octanol–water partition coefficient (Wildman–Crippen LogP) is 2.24. The Labute approximate surface area is 149 Å². The van der Waals surface area contributed by atoms with E-state index in [0.29, 0.717) is 0 Å². The van der Waals surface area contributed by atoms with Crippen LogP contribution in [0.25, 0.3) is 0 Å². The maximum Gasteiger partial charge on any atom is 0.410 e. The van der Waals surface area contributed by atoms with Crippen LogP contribution in [0.3, 0.4) is 0 Å². The molecule has 1 heterocycles. The molecule has 1 aromatic carbocycles. The third kappa shape index (κ3) is 4.62. The van der Waals surface area contributed by atoms with Crippen molar-refractivity contribution in [1.29, 1.82) is 0 Å². The molecule has 8 nitrogen and oxygen atoms in total. The summed E-state index contributed by atoms with van der Waals surface area (Å²) >= 11 is 0. The van der Waals surface area contributed by atoms with Gasteiger partial charge in [-0.05, 0) is 32.9 Å². The maximum atomic E-state index is 13.2. The van der Waals surface area contributed by atoms with Crippen molar-refractivity contribution in [3.63, 3.8) is 0 Å². The van der Waals surface area contributed by atoms with Crippen LogP contribution in [0.2, 0.25) is 0 Å². The number of fused-ring (bicyclic) bond motifs is 1. The molecule has 0 saturated heterocycles. The van der Waals surface area contributed by atoms with E-state index in [9.17, 15) is 23.9 Å². The molecule has 26 heavy (non-hydrogen) atoms. The van der Waals surface area contributed by atoms with Crippen LogP contribution in [0.4, 0.5) is 14.9 Å². The highest BCUT2D eigenvalue weighted by Gasteiger charge is 2.37. The Balaban J connectivity index is 2.15. The molecule has 0 spiro atoms. The molecule has 1 aliphatic rings. The number of rotatable bonds is 4. The van der Waals surface area contributed by atoms with Gasteiger partial charge in [-0.3, -0.25) is 9.69 Å². The van der Waals surface area contributed by atoms with Gasteiger partial charge in [0.25, 0.3) is 5.91 Å². The van der Waals surface area contributed by atoms with Gasteiger partial charge in [-0.25, -0.2) is 14.0 Å². The number of carboxylic acid groups (broad SMARTS) is 1. The number of hydrogen-bond donors (Lipinski definition) is 2. The number of carboxylic acids is 1. The number of nitrogens with one attached hydrogen (secondary N) is 1. The number of nitrogens with zero attached hydrogens (tertiary/aromatic N) is 1. The van der Waals surface area contributed by atoms with E-state index < -0.39 is 41.5 Å². The highest BCUT2D eigenvalue weighted by molar-refractivity contribution is 5.98. The molecule has 9 heteroatoms. The first-order valence-corrected chi connectivity index (χ1v) is 7.93. The number of benzene rings is 1. The highest BCUT2D eigenvalue weighted by atomic mass is 19.1. The van der Waals surface area contributed by atoms with Crippen molar-refractivity contribution in [3.05, 3.63) is 24.0 Å². The van der Waals surface area contributed by atoms with E-state index in [1.54, 1.807) is 20.8 Å². The number of hydrogen-bond acceptors (Lipinski definition) is 5. The average molecular weight is 368 g/mol. The molecule has 0 aromatic heterocycles. The van der Waals surface area contributed by atoms with Crippen molar-refractivity contribution in [2.45, 2.75) is 44.9 Å². The molecule has 0 fully saturated rings. The lowest BCUT2D eigenvalue weighted by Crippen LogP contribution is -2.49. The largest absolute Gasteiger partial charge is 0.480 e. The van der Waals surface area contributed by atoms with Crippen molar-refractivity contribution in [2.24, 2.45) is 0 Å². The smallest absolute Gasteiger partial charge is 0.410 e. The normalized spacial score (nSPS) is 17.4.